The Bertz CT molecular complexity index is 835. The van der Waals surface area contributed by atoms with Gasteiger partial charge in [0.25, 0.3) is 0 Å². The number of thioether (sulfide) groups is 1. The molecule has 0 amide bonds. The summed E-state index contributed by atoms with van der Waals surface area (Å²) >= 11 is 7.39. The van der Waals surface area contributed by atoms with Crippen LogP contribution in [0.4, 0.5) is 0 Å². The zero-order valence-electron chi connectivity index (χ0n) is 13.2. The minimum absolute atomic E-state index is 0.0539. The molecular formula is C16H16ClN3O3S. The smallest absolute Gasteiger partial charge is 0.313 e. The van der Waals surface area contributed by atoms with E-state index in [2.05, 4.69) is 35.1 Å². The molecule has 0 spiro atoms. The van der Waals surface area contributed by atoms with Crippen LogP contribution in [0.2, 0.25) is 0 Å². The molecule has 1 aliphatic rings. The molecule has 0 atom stereocenters. The fourth-order valence-electron chi connectivity index (χ4n) is 2.19. The molecule has 0 aliphatic heterocycles. The number of carbonyl (C=O) groups is 1. The molecule has 2 N–H and O–H groups in total. The third-order valence-corrected chi connectivity index (χ3v) is 5.13. The second-order valence-electron chi connectivity index (χ2n) is 6.05. The van der Waals surface area contributed by atoms with Gasteiger partial charge in [0.2, 0.25) is 5.16 Å². The van der Waals surface area contributed by atoms with Crippen LogP contribution in [0.15, 0.2) is 38.9 Å². The maximum atomic E-state index is 10.6. The van der Waals surface area contributed by atoms with Gasteiger partial charge in [0.15, 0.2) is 11.6 Å². The predicted octanol–water partition coefficient (Wildman–Crippen LogP) is 4.18. The molecular weight excluding hydrogens is 350 g/mol. The lowest BCUT2D eigenvalue weighted by atomic mass is 9.83. The van der Waals surface area contributed by atoms with Gasteiger partial charge in [0.1, 0.15) is 5.76 Å². The number of H-pyrrole nitrogens is 1. The number of carboxylic acids is 1. The lowest BCUT2D eigenvalue weighted by molar-refractivity contribution is -0.133. The lowest BCUT2D eigenvalue weighted by Crippen LogP contribution is -2.13. The highest BCUT2D eigenvalue weighted by atomic mass is 35.5. The lowest BCUT2D eigenvalue weighted by Gasteiger charge is -2.26. The average molecular weight is 366 g/mol. The minimum atomic E-state index is -0.914. The summed E-state index contributed by atoms with van der Waals surface area (Å²) in [5.74, 6) is 0.695. The highest BCUT2D eigenvalue weighted by molar-refractivity contribution is 7.99. The zero-order valence-corrected chi connectivity index (χ0v) is 14.7. The molecule has 0 saturated carbocycles. The van der Waals surface area contributed by atoms with Crippen molar-refractivity contribution in [3.8, 4) is 11.6 Å². The molecule has 2 aromatic heterocycles. The van der Waals surface area contributed by atoms with Crippen molar-refractivity contribution in [3.05, 3.63) is 35.1 Å². The van der Waals surface area contributed by atoms with E-state index >= 15 is 0 Å². The first kappa shape index (κ1) is 16.9. The molecule has 6 nitrogen and oxygen atoms in total. The maximum absolute atomic E-state index is 10.6. The standard InChI is InChI=1S/C16H16ClN3O3S/c1-16(2)6-5-9(7-12(16)17)10-3-4-11(23-10)14-18-15(20-19-14)24-8-13(21)22/h3-5,7H,6,8H2,1-2H3,(H,21,22)(H,18,19,20). The van der Waals surface area contributed by atoms with E-state index in [9.17, 15) is 4.79 Å². The largest absolute Gasteiger partial charge is 0.481 e. The van der Waals surface area contributed by atoms with Crippen molar-refractivity contribution in [1.82, 2.24) is 15.2 Å². The van der Waals surface area contributed by atoms with Gasteiger partial charge in [-0.3, -0.25) is 9.89 Å². The number of aliphatic carboxylic acids is 1. The second kappa shape index (κ2) is 6.49. The summed E-state index contributed by atoms with van der Waals surface area (Å²) < 4.78 is 5.83. The Labute approximate surface area is 148 Å². The average Bonchev–Trinajstić information content (AvgIpc) is 3.16. The summed E-state index contributed by atoms with van der Waals surface area (Å²) in [5.41, 5.74) is 0.882. The van der Waals surface area contributed by atoms with E-state index in [1.165, 1.54) is 0 Å². The summed E-state index contributed by atoms with van der Waals surface area (Å²) in [7, 11) is 0. The number of hydrogen-bond donors (Lipinski definition) is 2. The van der Waals surface area contributed by atoms with Crippen molar-refractivity contribution in [2.75, 3.05) is 5.75 Å². The predicted molar refractivity (Wildman–Crippen MR) is 92.8 cm³/mol. The van der Waals surface area contributed by atoms with Gasteiger partial charge in [0, 0.05) is 16.0 Å². The normalized spacial score (nSPS) is 16.6. The number of nitrogens with one attached hydrogen (secondary N) is 1. The van der Waals surface area contributed by atoms with Crippen LogP contribution in [-0.2, 0) is 4.79 Å². The molecule has 0 saturated heterocycles. The summed E-state index contributed by atoms with van der Waals surface area (Å²) in [6.07, 6.45) is 4.86. The Balaban J connectivity index is 1.77. The van der Waals surface area contributed by atoms with E-state index in [1.807, 2.05) is 12.1 Å². The Hall–Kier alpha value is -1.99. The van der Waals surface area contributed by atoms with Crippen LogP contribution in [0, 0.1) is 5.41 Å². The molecule has 126 valence electrons. The fraction of sp³-hybridized carbons (Fsp3) is 0.312. The molecule has 0 aromatic carbocycles. The number of aromatic nitrogens is 3. The van der Waals surface area contributed by atoms with E-state index in [1.54, 1.807) is 6.07 Å². The zero-order chi connectivity index (χ0) is 17.3. The van der Waals surface area contributed by atoms with E-state index in [4.69, 9.17) is 21.1 Å². The number of furan rings is 1. The first-order chi connectivity index (χ1) is 11.3. The first-order valence-corrected chi connectivity index (χ1v) is 8.67. The molecule has 0 fully saturated rings. The highest BCUT2D eigenvalue weighted by Crippen LogP contribution is 2.40. The summed E-state index contributed by atoms with van der Waals surface area (Å²) in [6, 6.07) is 3.65. The van der Waals surface area contributed by atoms with Gasteiger partial charge in [-0.2, -0.15) is 4.98 Å². The number of aromatic amines is 1. The van der Waals surface area contributed by atoms with Crippen LogP contribution in [-0.4, -0.2) is 32.0 Å². The van der Waals surface area contributed by atoms with Gasteiger partial charge in [-0.05, 0) is 24.6 Å². The number of rotatable bonds is 5. The van der Waals surface area contributed by atoms with Crippen LogP contribution in [0.1, 0.15) is 26.0 Å². The molecule has 2 heterocycles. The molecule has 0 bridgehead atoms. The van der Waals surface area contributed by atoms with Gasteiger partial charge in [-0.25, -0.2) is 0 Å². The number of hydrogen-bond acceptors (Lipinski definition) is 5. The molecule has 3 rings (SSSR count). The molecule has 2 aromatic rings. The molecule has 1 aliphatic carbocycles. The van der Waals surface area contributed by atoms with Crippen molar-refractivity contribution in [3.63, 3.8) is 0 Å². The Morgan fingerprint density at radius 1 is 1.46 bits per heavy atom. The highest BCUT2D eigenvalue weighted by Gasteiger charge is 2.25. The SMILES string of the molecule is CC1(C)CC=C(c2ccc(-c3nc(SCC(=O)O)n[nH]3)o2)C=C1Cl. The number of carboxylic acid groups (broad SMARTS) is 1. The van der Waals surface area contributed by atoms with Crippen LogP contribution in [0.3, 0.4) is 0 Å². The van der Waals surface area contributed by atoms with E-state index in [0.29, 0.717) is 22.5 Å². The van der Waals surface area contributed by atoms with Gasteiger partial charge in [0.05, 0.1) is 5.75 Å². The molecule has 24 heavy (non-hydrogen) atoms. The van der Waals surface area contributed by atoms with Crippen LogP contribution < -0.4 is 0 Å². The Morgan fingerprint density at radius 2 is 2.21 bits per heavy atom. The van der Waals surface area contributed by atoms with E-state index < -0.39 is 5.97 Å². The quantitative estimate of drug-likeness (QED) is 0.772. The van der Waals surface area contributed by atoms with Crippen LogP contribution in [0.25, 0.3) is 17.2 Å². The van der Waals surface area contributed by atoms with Crippen molar-refractivity contribution < 1.29 is 14.3 Å². The minimum Gasteiger partial charge on any atom is -0.481 e. The maximum Gasteiger partial charge on any atom is 0.313 e. The van der Waals surface area contributed by atoms with Gasteiger partial charge < -0.3 is 9.52 Å². The van der Waals surface area contributed by atoms with Crippen LogP contribution in [0.5, 0.6) is 0 Å². The third-order valence-electron chi connectivity index (χ3n) is 3.67. The van der Waals surface area contributed by atoms with E-state index in [0.717, 1.165) is 28.8 Å². The number of nitrogens with zero attached hydrogens (tertiary/aromatic N) is 2. The molecule has 8 heteroatoms. The Morgan fingerprint density at radius 3 is 2.92 bits per heavy atom. The van der Waals surface area contributed by atoms with Crippen molar-refractivity contribution in [2.24, 2.45) is 5.41 Å². The van der Waals surface area contributed by atoms with Crippen molar-refractivity contribution in [1.29, 1.82) is 0 Å². The Kier molecular flexibility index (Phi) is 4.56. The van der Waals surface area contributed by atoms with E-state index in [-0.39, 0.29) is 11.2 Å². The third kappa shape index (κ3) is 3.57. The van der Waals surface area contributed by atoms with Crippen LogP contribution >= 0.6 is 23.4 Å². The van der Waals surface area contributed by atoms with Crippen molar-refractivity contribution >= 4 is 34.9 Å². The van der Waals surface area contributed by atoms with Gasteiger partial charge >= 0.3 is 5.97 Å². The molecule has 0 radical (unpaired) electrons. The molecule has 0 unspecified atom stereocenters. The second-order valence-corrected chi connectivity index (χ2v) is 7.40. The van der Waals surface area contributed by atoms with Crippen molar-refractivity contribution in [2.45, 2.75) is 25.4 Å². The van der Waals surface area contributed by atoms with Gasteiger partial charge in [-0.15, -0.1) is 5.10 Å². The van der Waals surface area contributed by atoms with Gasteiger partial charge in [-0.1, -0.05) is 43.3 Å². The first-order valence-electron chi connectivity index (χ1n) is 7.30. The topological polar surface area (TPSA) is 92.0 Å². The number of allylic oxidation sites excluding steroid dienone is 4. The number of halogens is 1. The summed E-state index contributed by atoms with van der Waals surface area (Å²) in [6.45, 7) is 4.19. The monoisotopic (exact) mass is 365 g/mol. The summed E-state index contributed by atoms with van der Waals surface area (Å²) in [4.78, 5) is 14.8. The summed E-state index contributed by atoms with van der Waals surface area (Å²) in [5, 5.41) is 16.6. The fourth-order valence-corrected chi connectivity index (χ4v) is 2.91.